The molecule has 1 heteroatoms. The lowest BCUT2D eigenvalue weighted by atomic mass is 10.1. The Balaban J connectivity index is 2.39. The van der Waals surface area contributed by atoms with Crippen LogP contribution in [0.1, 0.15) is 24.3 Å². The van der Waals surface area contributed by atoms with Crippen molar-refractivity contribution in [2.24, 2.45) is 0 Å². The zero-order chi connectivity index (χ0) is 6.97. The normalized spacial score (nSPS) is 17.3. The summed E-state index contributed by atoms with van der Waals surface area (Å²) in [5, 5.41) is 0. The first-order valence-electron chi connectivity index (χ1n) is 3.62. The monoisotopic (exact) mass is 136 g/mol. The molecule has 0 nitrogen and oxygen atoms in total. The highest BCUT2D eigenvalue weighted by Gasteiger charge is 2.25. The highest BCUT2D eigenvalue weighted by atomic mass is 19.1. The van der Waals surface area contributed by atoms with Crippen LogP contribution in [0.2, 0.25) is 0 Å². The van der Waals surface area contributed by atoms with Gasteiger partial charge in [-0.3, -0.25) is 0 Å². The molecule has 0 amide bonds. The van der Waals surface area contributed by atoms with Crippen molar-refractivity contribution in [1.29, 1.82) is 0 Å². The molecular formula is C9H9F. The second kappa shape index (κ2) is 2.08. The van der Waals surface area contributed by atoms with E-state index in [-0.39, 0.29) is 5.82 Å². The van der Waals surface area contributed by atoms with Gasteiger partial charge >= 0.3 is 0 Å². The Morgan fingerprint density at radius 3 is 2.50 bits per heavy atom. The zero-order valence-electron chi connectivity index (χ0n) is 5.68. The molecule has 1 saturated carbocycles. The van der Waals surface area contributed by atoms with Gasteiger partial charge in [-0.05, 0) is 30.4 Å². The summed E-state index contributed by atoms with van der Waals surface area (Å²) < 4.78 is 12.9. The van der Waals surface area contributed by atoms with Gasteiger partial charge in [0, 0.05) is 0 Å². The fourth-order valence-corrected chi connectivity index (χ4v) is 1.20. The largest absolute Gasteiger partial charge is 0.207 e. The predicted molar refractivity (Wildman–Crippen MR) is 38.4 cm³/mol. The Morgan fingerprint density at radius 1 is 1.20 bits per heavy atom. The van der Waals surface area contributed by atoms with Crippen molar-refractivity contribution in [3.05, 3.63) is 35.6 Å². The number of halogens is 1. The first kappa shape index (κ1) is 5.90. The van der Waals surface area contributed by atoms with Crippen LogP contribution in [0.3, 0.4) is 0 Å². The third-order valence-corrected chi connectivity index (χ3v) is 1.92. The lowest BCUT2D eigenvalue weighted by molar-refractivity contribution is 0.611. The Morgan fingerprint density at radius 2 is 1.90 bits per heavy atom. The molecule has 0 aromatic heterocycles. The first-order valence-corrected chi connectivity index (χ1v) is 3.62. The van der Waals surface area contributed by atoms with Crippen LogP contribution in [-0.4, -0.2) is 0 Å². The molecule has 0 radical (unpaired) electrons. The molecule has 10 heavy (non-hydrogen) atoms. The van der Waals surface area contributed by atoms with Gasteiger partial charge in [0.15, 0.2) is 0 Å². The average Bonchev–Trinajstić information content (AvgIpc) is 2.71. The summed E-state index contributed by atoms with van der Waals surface area (Å²) in [7, 11) is 0. The van der Waals surface area contributed by atoms with E-state index in [1.807, 2.05) is 12.1 Å². The van der Waals surface area contributed by atoms with Gasteiger partial charge in [-0.1, -0.05) is 18.2 Å². The Labute approximate surface area is 59.7 Å². The smallest absolute Gasteiger partial charge is 0.126 e. The van der Waals surface area contributed by atoms with Crippen LogP contribution in [0.15, 0.2) is 24.3 Å². The molecule has 1 aromatic carbocycles. The molecule has 52 valence electrons. The molecule has 2 rings (SSSR count). The second-order valence-corrected chi connectivity index (χ2v) is 2.80. The van der Waals surface area contributed by atoms with Crippen LogP contribution in [0.4, 0.5) is 4.39 Å². The summed E-state index contributed by atoms with van der Waals surface area (Å²) in [5.74, 6) is 0.492. The van der Waals surface area contributed by atoms with E-state index in [0.29, 0.717) is 5.92 Å². The molecular weight excluding hydrogens is 127 g/mol. The number of rotatable bonds is 1. The van der Waals surface area contributed by atoms with Gasteiger partial charge in [-0.25, -0.2) is 4.39 Å². The van der Waals surface area contributed by atoms with Gasteiger partial charge in [0.2, 0.25) is 0 Å². The Kier molecular flexibility index (Phi) is 1.23. The number of hydrogen-bond donors (Lipinski definition) is 0. The molecule has 0 unspecified atom stereocenters. The highest BCUT2D eigenvalue weighted by molar-refractivity contribution is 5.25. The van der Waals surface area contributed by atoms with Crippen LogP contribution < -0.4 is 0 Å². The van der Waals surface area contributed by atoms with E-state index in [1.165, 1.54) is 18.9 Å². The minimum absolute atomic E-state index is 0.0370. The van der Waals surface area contributed by atoms with Crippen molar-refractivity contribution in [3.8, 4) is 0 Å². The predicted octanol–water partition coefficient (Wildman–Crippen LogP) is 2.70. The Bertz CT molecular complexity index is 238. The maximum absolute atomic E-state index is 12.9. The first-order chi connectivity index (χ1) is 4.88. The topological polar surface area (TPSA) is 0 Å². The summed E-state index contributed by atoms with van der Waals surface area (Å²) in [4.78, 5) is 0. The SMILES string of the molecule is Fc1ccccc1C1CC1. The molecule has 0 aliphatic heterocycles. The second-order valence-electron chi connectivity index (χ2n) is 2.80. The minimum Gasteiger partial charge on any atom is -0.207 e. The summed E-state index contributed by atoms with van der Waals surface area (Å²) in [5.41, 5.74) is 0.905. The Hall–Kier alpha value is -0.850. The van der Waals surface area contributed by atoms with Crippen LogP contribution >= 0.6 is 0 Å². The molecule has 0 spiro atoms. The van der Waals surface area contributed by atoms with Crippen LogP contribution in [0.25, 0.3) is 0 Å². The van der Waals surface area contributed by atoms with Crippen molar-refractivity contribution < 1.29 is 4.39 Å². The van der Waals surface area contributed by atoms with E-state index in [9.17, 15) is 4.39 Å². The summed E-state index contributed by atoms with van der Waals surface area (Å²) in [6.45, 7) is 0. The molecule has 1 aromatic rings. The lowest BCUT2D eigenvalue weighted by Gasteiger charge is -1.96. The quantitative estimate of drug-likeness (QED) is 0.556. The molecule has 1 aliphatic carbocycles. The standard InChI is InChI=1S/C9H9F/c10-9-4-2-1-3-8(9)7-5-6-7/h1-4,7H,5-6H2. The minimum atomic E-state index is -0.0370. The maximum Gasteiger partial charge on any atom is 0.126 e. The number of hydrogen-bond acceptors (Lipinski definition) is 0. The molecule has 0 bridgehead atoms. The zero-order valence-corrected chi connectivity index (χ0v) is 5.68. The molecule has 1 aliphatic rings. The highest BCUT2D eigenvalue weighted by Crippen LogP contribution is 2.40. The van der Waals surface area contributed by atoms with E-state index in [1.54, 1.807) is 6.07 Å². The van der Waals surface area contributed by atoms with Crippen molar-refractivity contribution in [2.75, 3.05) is 0 Å². The molecule has 0 saturated heterocycles. The van der Waals surface area contributed by atoms with Gasteiger partial charge in [-0.2, -0.15) is 0 Å². The fourth-order valence-electron chi connectivity index (χ4n) is 1.20. The van der Waals surface area contributed by atoms with E-state index in [0.717, 1.165) is 5.56 Å². The van der Waals surface area contributed by atoms with E-state index in [4.69, 9.17) is 0 Å². The van der Waals surface area contributed by atoms with Crippen molar-refractivity contribution in [1.82, 2.24) is 0 Å². The van der Waals surface area contributed by atoms with Gasteiger partial charge in [0.25, 0.3) is 0 Å². The third-order valence-electron chi connectivity index (χ3n) is 1.92. The van der Waals surface area contributed by atoms with Crippen molar-refractivity contribution >= 4 is 0 Å². The van der Waals surface area contributed by atoms with Gasteiger partial charge in [-0.15, -0.1) is 0 Å². The van der Waals surface area contributed by atoms with Crippen LogP contribution in [0, 0.1) is 5.82 Å². The van der Waals surface area contributed by atoms with Crippen molar-refractivity contribution in [2.45, 2.75) is 18.8 Å². The van der Waals surface area contributed by atoms with Crippen LogP contribution in [-0.2, 0) is 0 Å². The molecule has 1 fully saturated rings. The maximum atomic E-state index is 12.9. The molecule has 0 heterocycles. The lowest BCUT2D eigenvalue weighted by Crippen LogP contribution is -1.83. The average molecular weight is 136 g/mol. The van der Waals surface area contributed by atoms with E-state index >= 15 is 0 Å². The van der Waals surface area contributed by atoms with Crippen molar-refractivity contribution in [3.63, 3.8) is 0 Å². The molecule has 0 atom stereocenters. The summed E-state index contributed by atoms with van der Waals surface area (Å²) >= 11 is 0. The van der Waals surface area contributed by atoms with Crippen LogP contribution in [0.5, 0.6) is 0 Å². The van der Waals surface area contributed by atoms with E-state index < -0.39 is 0 Å². The third kappa shape index (κ3) is 0.919. The molecule has 0 N–H and O–H groups in total. The van der Waals surface area contributed by atoms with E-state index in [2.05, 4.69) is 0 Å². The summed E-state index contributed by atoms with van der Waals surface area (Å²) in [6, 6.07) is 7.05. The fraction of sp³-hybridized carbons (Fsp3) is 0.333. The number of benzene rings is 1. The summed E-state index contributed by atoms with van der Waals surface area (Å²) in [6.07, 6.45) is 2.34. The van der Waals surface area contributed by atoms with Gasteiger partial charge in [0.05, 0.1) is 0 Å². The van der Waals surface area contributed by atoms with Gasteiger partial charge < -0.3 is 0 Å². The van der Waals surface area contributed by atoms with Gasteiger partial charge in [0.1, 0.15) is 5.82 Å².